The minimum Gasteiger partial charge on any atom is -0.393 e. The number of hydrogen-bond acceptors (Lipinski definition) is 11. The number of nitrogens with two attached hydrogens (primary N) is 2. The van der Waals surface area contributed by atoms with E-state index in [-0.39, 0.29) is 58.4 Å². The summed E-state index contributed by atoms with van der Waals surface area (Å²) in [7, 11) is 5.63. The molecule has 3 fully saturated rings. The third-order valence-corrected chi connectivity index (χ3v) is 9.97. The zero-order chi connectivity index (χ0) is 37.1. The molecule has 3 aliphatic heterocycles. The zero-order valence-corrected chi connectivity index (χ0v) is 30.1. The Morgan fingerprint density at radius 3 is 2.33 bits per heavy atom. The second-order valence-electron chi connectivity index (χ2n) is 13.7. The average Bonchev–Trinajstić information content (AvgIpc) is 3.73. The van der Waals surface area contributed by atoms with Crippen molar-refractivity contribution in [2.24, 2.45) is 17.4 Å². The topological polar surface area (TPSA) is 197 Å². The minimum absolute atomic E-state index is 0.0264. The number of allylic oxidation sites excluding steroid dienone is 1. The fraction of sp³-hybridized carbons (Fsp3) is 0.405. The number of hydrogen-bond donors (Lipinski definition) is 5. The van der Waals surface area contributed by atoms with Crippen molar-refractivity contribution in [2.75, 3.05) is 57.5 Å². The normalized spacial score (nSPS) is 18.9. The first-order valence-corrected chi connectivity index (χ1v) is 17.6. The summed E-state index contributed by atoms with van der Waals surface area (Å²) >= 11 is 0. The Balaban J connectivity index is 0.000000703. The van der Waals surface area contributed by atoms with Gasteiger partial charge in [0.2, 0.25) is 5.91 Å². The molecule has 1 atom stereocenters. The number of aromatic nitrogens is 3. The molecule has 1 aromatic carbocycles. The van der Waals surface area contributed by atoms with Crippen LogP contribution in [0.1, 0.15) is 71.4 Å². The lowest BCUT2D eigenvalue weighted by atomic mass is 9.93. The van der Waals surface area contributed by atoms with Crippen molar-refractivity contribution >= 4 is 35.4 Å². The van der Waals surface area contributed by atoms with Crippen LogP contribution in [0.25, 0.3) is 11.1 Å². The molecule has 7 N–H and O–H groups in total. The molecule has 15 heteroatoms. The SMILES string of the molecule is CN1CCCC1.CNC(=O)/C(N)=C(/C=C(\N)NC(=O)C1CC1)Nc1cccc2c1N(C)C(C)c1c-2cnn1C1CN(C(=O)c2cccc(C=O)n2)C1. The van der Waals surface area contributed by atoms with Crippen molar-refractivity contribution in [1.82, 2.24) is 35.2 Å². The number of rotatable bonds is 9. The third kappa shape index (κ3) is 7.49. The van der Waals surface area contributed by atoms with Gasteiger partial charge in [0, 0.05) is 50.3 Å². The molecular formula is C37H47N11O4. The summed E-state index contributed by atoms with van der Waals surface area (Å²) in [4.78, 5) is 59.3. The maximum Gasteiger partial charge on any atom is 0.272 e. The number of likely N-dealkylation sites (tertiary alicyclic amines) is 2. The molecule has 4 aliphatic rings. The molecule has 1 unspecified atom stereocenters. The summed E-state index contributed by atoms with van der Waals surface area (Å²) in [6.07, 6.45) is 8.39. The number of para-hydroxylation sites is 1. The van der Waals surface area contributed by atoms with Crippen LogP contribution in [-0.4, -0.2) is 95.9 Å². The van der Waals surface area contributed by atoms with Crippen molar-refractivity contribution in [3.05, 3.63) is 83.0 Å². The molecule has 3 amide bonds. The lowest BCUT2D eigenvalue weighted by Gasteiger charge is -2.42. The Morgan fingerprint density at radius 1 is 0.981 bits per heavy atom. The highest BCUT2D eigenvalue weighted by molar-refractivity contribution is 5.96. The number of carbonyl (C=O) groups excluding carboxylic acids is 4. The van der Waals surface area contributed by atoms with Crippen molar-refractivity contribution in [1.29, 1.82) is 0 Å². The summed E-state index contributed by atoms with van der Waals surface area (Å²) < 4.78 is 1.99. The molecule has 52 heavy (non-hydrogen) atoms. The molecule has 3 aromatic rings. The average molecular weight is 710 g/mol. The Labute approximate surface area is 303 Å². The molecule has 1 aliphatic carbocycles. The van der Waals surface area contributed by atoms with Crippen LogP contribution in [0.5, 0.6) is 0 Å². The van der Waals surface area contributed by atoms with Crippen LogP contribution in [-0.2, 0) is 9.59 Å². The first-order chi connectivity index (χ1) is 25.0. The van der Waals surface area contributed by atoms with Crippen molar-refractivity contribution in [3.63, 3.8) is 0 Å². The van der Waals surface area contributed by atoms with Crippen LogP contribution >= 0.6 is 0 Å². The van der Waals surface area contributed by atoms with Gasteiger partial charge in [0.25, 0.3) is 11.8 Å². The summed E-state index contributed by atoms with van der Waals surface area (Å²) in [6, 6.07) is 10.5. The van der Waals surface area contributed by atoms with Crippen molar-refractivity contribution < 1.29 is 19.2 Å². The number of carbonyl (C=O) groups is 4. The first-order valence-electron chi connectivity index (χ1n) is 17.6. The molecule has 0 spiro atoms. The van der Waals surface area contributed by atoms with Gasteiger partial charge < -0.3 is 42.1 Å². The van der Waals surface area contributed by atoms with Crippen LogP contribution in [0, 0.1) is 5.92 Å². The van der Waals surface area contributed by atoms with E-state index in [1.54, 1.807) is 23.1 Å². The summed E-state index contributed by atoms with van der Waals surface area (Å²) in [5.41, 5.74) is 17.4. The lowest BCUT2D eigenvalue weighted by Crippen LogP contribution is -2.52. The number of nitrogens with zero attached hydrogens (tertiary/aromatic N) is 6. The zero-order valence-electron chi connectivity index (χ0n) is 30.1. The van der Waals surface area contributed by atoms with Crippen LogP contribution in [0.2, 0.25) is 0 Å². The number of anilines is 2. The number of pyridine rings is 1. The van der Waals surface area contributed by atoms with E-state index in [2.05, 4.69) is 44.7 Å². The lowest BCUT2D eigenvalue weighted by molar-refractivity contribution is -0.121. The summed E-state index contributed by atoms with van der Waals surface area (Å²) in [6.45, 7) is 5.64. The highest BCUT2D eigenvalue weighted by Crippen LogP contribution is 2.48. The van der Waals surface area contributed by atoms with E-state index < -0.39 is 5.91 Å². The van der Waals surface area contributed by atoms with Crippen molar-refractivity contribution in [2.45, 2.75) is 44.7 Å². The highest BCUT2D eigenvalue weighted by Gasteiger charge is 2.39. The smallest absolute Gasteiger partial charge is 0.272 e. The van der Waals surface area contributed by atoms with Gasteiger partial charge in [0.1, 0.15) is 22.9 Å². The summed E-state index contributed by atoms with van der Waals surface area (Å²) in [5, 5.41) is 13.3. The monoisotopic (exact) mass is 709 g/mol. The van der Waals surface area contributed by atoms with Gasteiger partial charge in [0.15, 0.2) is 6.29 Å². The van der Waals surface area contributed by atoms with E-state index in [1.165, 1.54) is 39.1 Å². The van der Waals surface area contributed by atoms with E-state index >= 15 is 0 Å². The van der Waals surface area contributed by atoms with Gasteiger partial charge in [0.05, 0.1) is 41.0 Å². The summed E-state index contributed by atoms with van der Waals surface area (Å²) in [5.74, 6) is -0.869. The number of likely N-dealkylation sites (N-methyl/N-ethyl adjacent to an activating group) is 1. The quantitative estimate of drug-likeness (QED) is 0.124. The van der Waals surface area contributed by atoms with Gasteiger partial charge in [-0.3, -0.25) is 23.9 Å². The Hall–Kier alpha value is -5.70. The molecule has 2 aromatic heterocycles. The maximum absolute atomic E-state index is 13.0. The van der Waals surface area contributed by atoms with Crippen LogP contribution in [0.4, 0.5) is 11.4 Å². The molecule has 0 bridgehead atoms. The Bertz CT molecular complexity index is 1920. The minimum atomic E-state index is -0.504. The number of nitrogens with one attached hydrogen (secondary N) is 3. The van der Waals surface area contributed by atoms with Crippen molar-refractivity contribution in [3.8, 4) is 11.1 Å². The van der Waals surface area contributed by atoms with Gasteiger partial charge in [-0.2, -0.15) is 5.10 Å². The fourth-order valence-corrected chi connectivity index (χ4v) is 6.72. The maximum atomic E-state index is 13.0. The molecule has 5 heterocycles. The van der Waals surface area contributed by atoms with E-state index in [0.717, 1.165) is 35.3 Å². The molecule has 7 rings (SSSR count). The molecule has 274 valence electrons. The fourth-order valence-electron chi connectivity index (χ4n) is 6.72. The number of aldehydes is 1. The Morgan fingerprint density at radius 2 is 1.69 bits per heavy atom. The van der Waals surface area contributed by atoms with Gasteiger partial charge >= 0.3 is 0 Å². The third-order valence-electron chi connectivity index (χ3n) is 9.97. The van der Waals surface area contributed by atoms with E-state index in [1.807, 2.05) is 36.1 Å². The van der Waals surface area contributed by atoms with Crippen LogP contribution in [0.3, 0.4) is 0 Å². The highest BCUT2D eigenvalue weighted by atomic mass is 16.2. The molecule has 15 nitrogen and oxygen atoms in total. The number of benzene rings is 1. The second kappa shape index (κ2) is 15.3. The molecule has 0 radical (unpaired) electrons. The molecule has 2 saturated heterocycles. The van der Waals surface area contributed by atoms with E-state index in [0.29, 0.717) is 25.1 Å². The second-order valence-corrected chi connectivity index (χ2v) is 13.7. The largest absolute Gasteiger partial charge is 0.393 e. The molecular weight excluding hydrogens is 662 g/mol. The first kappa shape index (κ1) is 36.1. The number of amides is 3. The predicted octanol–water partition coefficient (Wildman–Crippen LogP) is 2.33. The van der Waals surface area contributed by atoms with E-state index in [9.17, 15) is 19.2 Å². The molecule has 1 saturated carbocycles. The van der Waals surface area contributed by atoms with Gasteiger partial charge in [-0.05, 0) is 70.9 Å². The van der Waals surface area contributed by atoms with E-state index in [4.69, 9.17) is 16.6 Å². The standard InChI is InChI=1S/C32H36N10O4.C5H11N/c1-17-28-22(13-36-42(28)20-14-41(15-20)32(46)24-9-4-6-19(16-43)37-24)21-7-5-8-23(29(21)40(17)3)38-25(27(34)31(45)35-2)12-26(33)39-30(44)18-10-11-18;1-6-4-2-3-5-6/h4-9,12-13,16-18,20,38H,10-11,14-15,33-34H2,1-3H3,(H,35,45)(H,39,44);2-5H2,1H3/b26-12+,27-25+;. The van der Waals surface area contributed by atoms with Gasteiger partial charge in [-0.15, -0.1) is 0 Å². The van der Waals surface area contributed by atoms with Gasteiger partial charge in [-0.1, -0.05) is 18.2 Å². The predicted molar refractivity (Wildman–Crippen MR) is 198 cm³/mol. The Kier molecular flexibility index (Phi) is 10.6. The van der Waals surface area contributed by atoms with Crippen LogP contribution in [0.15, 0.2) is 65.9 Å². The van der Waals surface area contributed by atoms with Gasteiger partial charge in [-0.25, -0.2) is 4.98 Å². The van der Waals surface area contributed by atoms with Crippen LogP contribution < -0.4 is 32.3 Å². The number of fused-ring (bicyclic) bond motifs is 3.